The topological polar surface area (TPSA) is 40.5 Å². The summed E-state index contributed by atoms with van der Waals surface area (Å²) >= 11 is 0. The molecule has 1 aromatic carbocycles. The minimum atomic E-state index is -0.814. The normalized spacial score (nSPS) is 12.4. The third-order valence-corrected chi connectivity index (χ3v) is 2.77. The van der Waals surface area contributed by atoms with Crippen LogP contribution in [0.5, 0.6) is 0 Å². The molecule has 0 bridgehead atoms. The molecule has 1 atom stereocenters. The van der Waals surface area contributed by atoms with Crippen LogP contribution in [0.1, 0.15) is 19.4 Å². The lowest BCUT2D eigenvalue weighted by Gasteiger charge is -2.24. The van der Waals surface area contributed by atoms with Crippen molar-refractivity contribution in [2.24, 2.45) is 5.92 Å². The Labute approximate surface area is 113 Å². The molecule has 0 amide bonds. The van der Waals surface area contributed by atoms with Crippen molar-refractivity contribution in [1.82, 2.24) is 4.90 Å². The van der Waals surface area contributed by atoms with Crippen LogP contribution in [-0.2, 0) is 11.3 Å². The van der Waals surface area contributed by atoms with E-state index in [1.807, 2.05) is 11.8 Å². The van der Waals surface area contributed by atoms with Crippen LogP contribution < -0.4 is 0 Å². The van der Waals surface area contributed by atoms with Crippen molar-refractivity contribution in [1.29, 1.82) is 0 Å². The van der Waals surface area contributed by atoms with Gasteiger partial charge in [-0.05, 0) is 24.6 Å². The van der Waals surface area contributed by atoms with Crippen LogP contribution in [0.25, 0.3) is 0 Å². The minimum Gasteiger partial charge on any atom is -0.481 e. The first-order chi connectivity index (χ1) is 8.88. The lowest BCUT2D eigenvalue weighted by atomic mass is 10.1. The fraction of sp³-hybridized carbons (Fsp3) is 0.400. The zero-order valence-electron chi connectivity index (χ0n) is 11.4. The van der Waals surface area contributed by atoms with Gasteiger partial charge >= 0.3 is 5.97 Å². The van der Waals surface area contributed by atoms with Crippen molar-refractivity contribution < 1.29 is 14.3 Å². The van der Waals surface area contributed by atoms with E-state index in [1.165, 1.54) is 12.1 Å². The van der Waals surface area contributed by atoms with Gasteiger partial charge in [-0.15, -0.1) is 0 Å². The van der Waals surface area contributed by atoms with Crippen molar-refractivity contribution >= 4 is 5.97 Å². The summed E-state index contributed by atoms with van der Waals surface area (Å²) in [5.74, 6) is -1.53. The highest BCUT2D eigenvalue weighted by molar-refractivity contribution is 5.69. The maximum Gasteiger partial charge on any atom is 0.307 e. The number of hydrogen-bond donors (Lipinski definition) is 1. The Bertz CT molecular complexity index is 442. The molecule has 1 rings (SSSR count). The number of hydrogen-bond acceptors (Lipinski definition) is 2. The lowest BCUT2D eigenvalue weighted by molar-refractivity contribution is -0.141. The molecule has 0 spiro atoms. The van der Waals surface area contributed by atoms with E-state index in [-0.39, 0.29) is 5.82 Å². The van der Waals surface area contributed by atoms with Crippen molar-refractivity contribution in [2.75, 3.05) is 13.1 Å². The lowest BCUT2D eigenvalue weighted by Crippen LogP contribution is -2.32. The number of nitrogens with zero attached hydrogens (tertiary/aromatic N) is 1. The SMILES string of the molecule is C=C(C)CN(Cc1ccc(F)cc1)CC(C)C(=O)O. The highest BCUT2D eigenvalue weighted by Crippen LogP contribution is 2.10. The van der Waals surface area contributed by atoms with Crippen LogP contribution in [0.3, 0.4) is 0 Å². The minimum absolute atomic E-state index is 0.269. The summed E-state index contributed by atoms with van der Waals surface area (Å²) < 4.78 is 12.8. The van der Waals surface area contributed by atoms with Gasteiger partial charge in [0.25, 0.3) is 0 Å². The molecule has 4 heteroatoms. The molecule has 0 aliphatic carbocycles. The van der Waals surface area contributed by atoms with Crippen molar-refractivity contribution in [3.05, 3.63) is 47.8 Å². The first-order valence-corrected chi connectivity index (χ1v) is 6.22. The summed E-state index contributed by atoms with van der Waals surface area (Å²) in [7, 11) is 0. The van der Waals surface area contributed by atoms with E-state index in [2.05, 4.69) is 6.58 Å². The number of benzene rings is 1. The van der Waals surface area contributed by atoms with Crippen LogP contribution in [0.15, 0.2) is 36.4 Å². The molecular formula is C15H20FNO2. The van der Waals surface area contributed by atoms with Gasteiger partial charge in [0.1, 0.15) is 5.82 Å². The number of carboxylic acid groups (broad SMARTS) is 1. The zero-order valence-corrected chi connectivity index (χ0v) is 11.4. The van der Waals surface area contributed by atoms with Gasteiger partial charge in [0.2, 0.25) is 0 Å². The molecule has 0 aromatic heterocycles. The highest BCUT2D eigenvalue weighted by atomic mass is 19.1. The van der Waals surface area contributed by atoms with Crippen LogP contribution in [-0.4, -0.2) is 29.1 Å². The molecule has 0 saturated heterocycles. The van der Waals surface area contributed by atoms with E-state index >= 15 is 0 Å². The molecule has 0 heterocycles. The standard InChI is InChI=1S/C15H20FNO2/c1-11(2)8-17(9-12(3)15(18)19)10-13-4-6-14(16)7-5-13/h4-7,12H,1,8-10H2,2-3H3,(H,18,19). The highest BCUT2D eigenvalue weighted by Gasteiger charge is 2.16. The number of carboxylic acids is 1. The van der Waals surface area contributed by atoms with Gasteiger partial charge in [-0.1, -0.05) is 31.2 Å². The second-order valence-electron chi connectivity index (χ2n) is 4.99. The van der Waals surface area contributed by atoms with Crippen LogP contribution >= 0.6 is 0 Å². The number of rotatable bonds is 7. The van der Waals surface area contributed by atoms with E-state index in [4.69, 9.17) is 5.11 Å². The summed E-state index contributed by atoms with van der Waals surface area (Å²) in [5.41, 5.74) is 1.93. The fourth-order valence-electron chi connectivity index (χ4n) is 1.88. The second kappa shape index (κ2) is 7.04. The Morgan fingerprint density at radius 3 is 2.47 bits per heavy atom. The third-order valence-electron chi connectivity index (χ3n) is 2.77. The van der Waals surface area contributed by atoms with E-state index in [0.29, 0.717) is 19.6 Å². The Morgan fingerprint density at radius 1 is 1.42 bits per heavy atom. The summed E-state index contributed by atoms with van der Waals surface area (Å²) in [6, 6.07) is 6.25. The van der Waals surface area contributed by atoms with E-state index < -0.39 is 11.9 Å². The number of carbonyl (C=O) groups is 1. The van der Waals surface area contributed by atoms with Crippen molar-refractivity contribution in [2.45, 2.75) is 20.4 Å². The molecule has 19 heavy (non-hydrogen) atoms. The molecule has 0 fully saturated rings. The van der Waals surface area contributed by atoms with Gasteiger partial charge in [-0.2, -0.15) is 0 Å². The molecule has 104 valence electrons. The van der Waals surface area contributed by atoms with Gasteiger partial charge in [0.15, 0.2) is 0 Å². The zero-order chi connectivity index (χ0) is 14.4. The van der Waals surface area contributed by atoms with E-state index in [1.54, 1.807) is 19.1 Å². The largest absolute Gasteiger partial charge is 0.481 e. The van der Waals surface area contributed by atoms with Gasteiger partial charge in [-0.3, -0.25) is 9.69 Å². The second-order valence-corrected chi connectivity index (χ2v) is 4.99. The fourth-order valence-corrected chi connectivity index (χ4v) is 1.88. The maximum atomic E-state index is 12.8. The monoisotopic (exact) mass is 265 g/mol. The summed E-state index contributed by atoms with van der Waals surface area (Å²) in [5, 5.41) is 8.97. The molecule has 1 unspecified atom stereocenters. The predicted octanol–water partition coefficient (Wildman–Crippen LogP) is 2.92. The summed E-state index contributed by atoms with van der Waals surface area (Å²) in [4.78, 5) is 12.9. The molecule has 0 aliphatic rings. The average molecular weight is 265 g/mol. The van der Waals surface area contributed by atoms with Crippen molar-refractivity contribution in [3.8, 4) is 0 Å². The summed E-state index contributed by atoms with van der Waals surface area (Å²) in [6.07, 6.45) is 0. The van der Waals surface area contributed by atoms with Crippen molar-refractivity contribution in [3.63, 3.8) is 0 Å². The third kappa shape index (κ3) is 5.66. The Morgan fingerprint density at radius 2 is 2.00 bits per heavy atom. The molecule has 1 aromatic rings. The average Bonchev–Trinajstić information content (AvgIpc) is 2.31. The Balaban J connectivity index is 2.71. The molecule has 1 N–H and O–H groups in total. The van der Waals surface area contributed by atoms with Crippen LogP contribution in [0.2, 0.25) is 0 Å². The number of aliphatic carboxylic acids is 1. The molecule has 3 nitrogen and oxygen atoms in total. The smallest absolute Gasteiger partial charge is 0.307 e. The van der Waals surface area contributed by atoms with E-state index in [9.17, 15) is 9.18 Å². The Hall–Kier alpha value is -1.68. The van der Waals surface area contributed by atoms with Gasteiger partial charge in [0, 0.05) is 19.6 Å². The quantitative estimate of drug-likeness (QED) is 0.771. The summed E-state index contributed by atoms with van der Waals surface area (Å²) in [6.45, 7) is 9.10. The predicted molar refractivity (Wildman–Crippen MR) is 73.3 cm³/mol. The van der Waals surface area contributed by atoms with Gasteiger partial charge < -0.3 is 5.11 Å². The maximum absolute atomic E-state index is 12.8. The van der Waals surface area contributed by atoms with E-state index in [0.717, 1.165) is 11.1 Å². The van der Waals surface area contributed by atoms with Gasteiger partial charge in [-0.25, -0.2) is 4.39 Å². The number of halogens is 1. The Kier molecular flexibility index (Phi) is 5.70. The van der Waals surface area contributed by atoms with Crippen LogP contribution in [0, 0.1) is 11.7 Å². The van der Waals surface area contributed by atoms with Gasteiger partial charge in [0.05, 0.1) is 5.92 Å². The molecule has 0 radical (unpaired) electrons. The van der Waals surface area contributed by atoms with Crippen LogP contribution in [0.4, 0.5) is 4.39 Å². The first kappa shape index (κ1) is 15.4. The molecule has 0 aliphatic heterocycles. The molecular weight excluding hydrogens is 245 g/mol. The molecule has 0 saturated carbocycles. The first-order valence-electron chi connectivity index (χ1n) is 6.22.